The first-order valence-corrected chi connectivity index (χ1v) is 23.1. The van der Waals surface area contributed by atoms with Gasteiger partial charge < -0.3 is 63.8 Å². The number of carbonyl (C=O) groups is 8. The predicted molar refractivity (Wildman–Crippen MR) is 293 cm³/mol. The lowest BCUT2D eigenvalue weighted by atomic mass is 10.1. The number of fused-ring (bicyclic) bond motifs is 2. The van der Waals surface area contributed by atoms with Crippen LogP contribution in [0.3, 0.4) is 0 Å². The number of allylic oxidation sites excluding steroid dienone is 2. The second-order valence-corrected chi connectivity index (χ2v) is 14.9. The van der Waals surface area contributed by atoms with E-state index in [1.54, 1.807) is 65.5 Å². The number of aromatic hydroxyl groups is 1. The molecule has 6 rings (SSSR count). The van der Waals surface area contributed by atoms with Gasteiger partial charge in [-0.2, -0.15) is 0 Å². The zero-order valence-corrected chi connectivity index (χ0v) is 46.6. The zero-order valence-electron chi connectivity index (χ0n) is 44.9. The lowest BCUT2D eigenvalue weighted by Crippen LogP contribution is -2.26. The second-order valence-electron chi connectivity index (χ2n) is 14.9. The molecule has 1 unspecified atom stereocenters. The minimum Gasteiger partial charge on any atom is -0.508 e. The number of phenolic OH excluding ortho intramolecular Hbond substituents is 1. The number of esters is 4. The van der Waals surface area contributed by atoms with Gasteiger partial charge in [0, 0.05) is 77.9 Å². The first kappa shape index (κ1) is 72.0. The van der Waals surface area contributed by atoms with Gasteiger partial charge in [0.2, 0.25) is 5.91 Å². The molecule has 0 spiro atoms. The van der Waals surface area contributed by atoms with Gasteiger partial charge in [0.15, 0.2) is 0 Å². The Morgan fingerprint density at radius 3 is 1.54 bits per heavy atom. The molecule has 3 aromatic rings. The number of halogens is 1. The molecule has 0 aromatic heterocycles. The quantitative estimate of drug-likeness (QED) is 0.0373. The lowest BCUT2D eigenvalue weighted by Gasteiger charge is -2.05. The number of carbonyl (C=O) groups excluding carboxylic acids is 6. The molecular formula is C55H70BrN3O19. The number of imide groups is 1. The van der Waals surface area contributed by atoms with Crippen LogP contribution in [-0.4, -0.2) is 132 Å². The Hall–Kier alpha value is -8.06. The number of nitrogens with one attached hydrogen (secondary N) is 3. The molecule has 3 aliphatic heterocycles. The maximum Gasteiger partial charge on any atom is 0.338 e. The molecule has 426 valence electrons. The number of carboxylic acid groups (broad SMARTS) is 2. The molecule has 0 saturated carbocycles. The molecule has 0 aliphatic carbocycles. The Balaban J connectivity index is 0. The van der Waals surface area contributed by atoms with Gasteiger partial charge in [-0.05, 0) is 91.1 Å². The zero-order chi connectivity index (χ0) is 58.0. The number of ether oxygens (including phenoxy) is 8. The molecule has 23 heteroatoms. The topological polar surface area (TPSA) is 307 Å². The van der Waals surface area contributed by atoms with E-state index in [-0.39, 0.29) is 46.2 Å². The Kier molecular flexibility index (Phi) is 40.7. The van der Waals surface area contributed by atoms with Crippen LogP contribution in [0, 0.1) is 0 Å². The van der Waals surface area contributed by atoms with Crippen LogP contribution >= 0.6 is 17.0 Å². The highest BCUT2D eigenvalue weighted by atomic mass is 79.9. The first-order chi connectivity index (χ1) is 36.9. The van der Waals surface area contributed by atoms with Crippen molar-refractivity contribution in [3.8, 4) is 17.2 Å². The summed E-state index contributed by atoms with van der Waals surface area (Å²) < 4.78 is 37.1. The number of benzene rings is 3. The molecule has 6 N–H and O–H groups in total. The van der Waals surface area contributed by atoms with Crippen LogP contribution in [-0.2, 0) is 83.4 Å². The van der Waals surface area contributed by atoms with E-state index in [9.17, 15) is 38.4 Å². The number of methoxy groups -OCH3 is 7. The van der Waals surface area contributed by atoms with Crippen molar-refractivity contribution in [1.29, 1.82) is 0 Å². The van der Waals surface area contributed by atoms with Crippen LogP contribution in [0.25, 0.3) is 0 Å². The molecule has 78 heavy (non-hydrogen) atoms. The molecule has 22 nitrogen and oxygen atoms in total. The maximum atomic E-state index is 11.0. The molecule has 0 fully saturated rings. The summed E-state index contributed by atoms with van der Waals surface area (Å²) in [6, 6.07) is 15.5. The molecule has 0 saturated heterocycles. The third-order valence-electron chi connectivity index (χ3n) is 9.44. The van der Waals surface area contributed by atoms with E-state index < -0.39 is 35.7 Å². The number of aromatic carboxylic acids is 2. The predicted octanol–water partition coefficient (Wildman–Crippen LogP) is 6.06. The largest absolute Gasteiger partial charge is 0.508 e. The van der Waals surface area contributed by atoms with E-state index in [2.05, 4.69) is 51.8 Å². The summed E-state index contributed by atoms with van der Waals surface area (Å²) in [4.78, 5) is 85.0. The highest BCUT2D eigenvalue weighted by Crippen LogP contribution is 2.22. The maximum absolute atomic E-state index is 11.0. The SMILES string of the molecule is Br.C/C=C/C(=O)OC.C/C=C/C(=O)OC(=O)/C=C/COC.COC/C=C/C(=O)OC.COC1/C=C/C(=O)NC(=O)/C=C/C1.COc1ccc(C(=O)O)c(C(=O)O)c1.COc1ccc2c(c1)CNC2.Oc1ccc2c(c1)CNC2. The summed E-state index contributed by atoms with van der Waals surface area (Å²) in [6.07, 6.45) is 17.6. The van der Waals surface area contributed by atoms with Crippen molar-refractivity contribution < 1.29 is 91.6 Å². The summed E-state index contributed by atoms with van der Waals surface area (Å²) in [5.74, 6) is -3.78. The fourth-order valence-corrected chi connectivity index (χ4v) is 5.71. The van der Waals surface area contributed by atoms with E-state index in [1.807, 2.05) is 18.2 Å². The van der Waals surface area contributed by atoms with Crippen molar-refractivity contribution in [2.45, 2.75) is 52.6 Å². The number of hydrogen-bond acceptors (Lipinski definition) is 19. The van der Waals surface area contributed by atoms with Gasteiger partial charge in [0.05, 0.1) is 58.9 Å². The first-order valence-electron chi connectivity index (χ1n) is 23.1. The number of rotatable bonds is 13. The molecule has 3 aromatic carbocycles. The molecule has 3 aliphatic rings. The molecule has 1 atom stereocenters. The van der Waals surface area contributed by atoms with Gasteiger partial charge in [0.1, 0.15) is 17.2 Å². The van der Waals surface area contributed by atoms with E-state index >= 15 is 0 Å². The molecule has 3 heterocycles. The average molecular weight is 1160 g/mol. The van der Waals surface area contributed by atoms with Crippen molar-refractivity contribution in [2.24, 2.45) is 0 Å². The summed E-state index contributed by atoms with van der Waals surface area (Å²) >= 11 is 0. The van der Waals surface area contributed by atoms with E-state index in [0.29, 0.717) is 31.1 Å². The number of phenols is 1. The summed E-state index contributed by atoms with van der Waals surface area (Å²) in [7, 11) is 10.4. The van der Waals surface area contributed by atoms with Gasteiger partial charge in [-0.25, -0.2) is 28.8 Å². The van der Waals surface area contributed by atoms with Crippen LogP contribution in [0.1, 0.15) is 63.2 Å². The summed E-state index contributed by atoms with van der Waals surface area (Å²) in [6.45, 7) is 7.98. The third-order valence-corrected chi connectivity index (χ3v) is 9.44. The molecular weight excluding hydrogens is 1090 g/mol. The van der Waals surface area contributed by atoms with Crippen LogP contribution in [0.5, 0.6) is 17.2 Å². The molecule has 0 bridgehead atoms. The average Bonchev–Trinajstić information content (AvgIpc) is 4.11. The fourth-order valence-electron chi connectivity index (χ4n) is 5.71. The van der Waals surface area contributed by atoms with Crippen molar-refractivity contribution >= 4 is 64.6 Å². The molecule has 2 amide bonds. The summed E-state index contributed by atoms with van der Waals surface area (Å²) in [5.41, 5.74) is 4.75. The van der Waals surface area contributed by atoms with E-state index in [1.165, 1.54) is 111 Å². The Morgan fingerprint density at radius 2 is 1.04 bits per heavy atom. The standard InChI is InChI=1S/C9H11NO3.C9H11NO.C9H8O5.C9H12O4.C8H9NO.C6H10O3.C5H8O2.BrH/c1-13-7-3-2-4-8(11)10-9(12)6-5-7;1-11-9-3-2-7-5-10-6-8(7)4-9;1-14-5-2-3-6(8(10)11)7(4-5)9(12)13;1-3-5-8(10)13-9(11)6-4-7-12-2;10-8-2-1-6-4-9-5-7(6)3-8;1-8-5-3-4-6(7)9-2;1-3-4-5(6)7-2;/h2,4-7H,3H2,1H3,(H,10,11,12);2-4,10H,5-6H2,1H3;2-4H,1H3,(H,10,11)(H,12,13);3-6H,7H2,1-2H3;1-3,9-10H,4-5H2;3-4H,5H2,1-2H3;3-4H,1-2H3;1H/b4-2+,6-5+;;;5-3+,6-4+;;2*4-3+;. The lowest BCUT2D eigenvalue weighted by molar-refractivity contribution is -0.152. The van der Waals surface area contributed by atoms with Crippen molar-refractivity contribution in [1.82, 2.24) is 16.0 Å². The monoisotopic (exact) mass is 1160 g/mol. The Bertz CT molecular complexity index is 2550. The second kappa shape index (κ2) is 44.1. The van der Waals surface area contributed by atoms with Crippen molar-refractivity contribution in [3.05, 3.63) is 161 Å². The Labute approximate surface area is 464 Å². The van der Waals surface area contributed by atoms with Crippen LogP contribution in [0.4, 0.5) is 0 Å². The minimum atomic E-state index is -1.29. The minimum absolute atomic E-state index is 0. The number of carboxylic acids is 2. The van der Waals surface area contributed by atoms with Gasteiger partial charge in [-0.15, -0.1) is 17.0 Å². The van der Waals surface area contributed by atoms with E-state index in [0.717, 1.165) is 38.0 Å². The summed E-state index contributed by atoms with van der Waals surface area (Å²) in [5, 5.41) is 35.1. The van der Waals surface area contributed by atoms with Gasteiger partial charge in [-0.3, -0.25) is 14.9 Å². The Morgan fingerprint density at radius 1 is 0.577 bits per heavy atom. The van der Waals surface area contributed by atoms with Gasteiger partial charge in [-0.1, -0.05) is 48.6 Å². The fraction of sp³-hybridized carbons (Fsp3) is 0.309. The van der Waals surface area contributed by atoms with Crippen LogP contribution in [0.15, 0.2) is 128 Å². The smallest absolute Gasteiger partial charge is 0.338 e. The van der Waals surface area contributed by atoms with Gasteiger partial charge >= 0.3 is 35.8 Å². The highest BCUT2D eigenvalue weighted by Gasteiger charge is 2.16. The van der Waals surface area contributed by atoms with Gasteiger partial charge in [0.25, 0.3) is 5.91 Å². The van der Waals surface area contributed by atoms with E-state index in [4.69, 9.17) is 29.5 Å². The van der Waals surface area contributed by atoms with Crippen LogP contribution < -0.4 is 25.4 Å². The third kappa shape index (κ3) is 33.1. The number of amides is 2. The van der Waals surface area contributed by atoms with Crippen molar-refractivity contribution in [3.63, 3.8) is 0 Å². The highest BCUT2D eigenvalue weighted by molar-refractivity contribution is 8.93. The normalized spacial score (nSPS) is 14.2. The van der Waals surface area contributed by atoms with Crippen LogP contribution in [0.2, 0.25) is 0 Å². The number of hydrogen-bond donors (Lipinski definition) is 6. The van der Waals surface area contributed by atoms with Crippen molar-refractivity contribution in [2.75, 3.05) is 63.0 Å². The molecule has 0 radical (unpaired) electrons.